The minimum absolute atomic E-state index is 0.101. The summed E-state index contributed by atoms with van der Waals surface area (Å²) in [6, 6.07) is 0.439. The maximum atomic E-state index is 13.5. The summed E-state index contributed by atoms with van der Waals surface area (Å²) in [5.41, 5.74) is 0.460. The van der Waals surface area contributed by atoms with Crippen LogP contribution in [-0.2, 0) is 0 Å². The molecule has 0 aromatic carbocycles. The molecule has 0 N–H and O–H groups in total. The van der Waals surface area contributed by atoms with Crippen molar-refractivity contribution in [3.63, 3.8) is 0 Å². The molecule has 1 aliphatic heterocycles. The van der Waals surface area contributed by atoms with Gasteiger partial charge in [0.2, 0.25) is 0 Å². The number of rotatable bonds is 2. The van der Waals surface area contributed by atoms with Crippen molar-refractivity contribution in [1.82, 2.24) is 4.90 Å². The molecule has 2 heteroatoms. The fraction of sp³-hybridized carbons (Fsp3) is 1.00. The van der Waals surface area contributed by atoms with Crippen LogP contribution in [0.5, 0.6) is 0 Å². The fourth-order valence-electron chi connectivity index (χ4n) is 2.55. The molecule has 16 heavy (non-hydrogen) atoms. The Balaban J connectivity index is 2.57. The molecule has 1 nitrogen and oxygen atoms in total. The predicted octanol–water partition coefficient (Wildman–Crippen LogP) is 4.02. The normalized spacial score (nSPS) is 28.7. The molecule has 0 aliphatic carbocycles. The third-order valence-electron chi connectivity index (χ3n) is 3.45. The lowest BCUT2D eigenvalue weighted by molar-refractivity contribution is 0.104. The van der Waals surface area contributed by atoms with Crippen LogP contribution in [0.1, 0.15) is 60.8 Å². The highest BCUT2D eigenvalue weighted by Crippen LogP contribution is 2.33. The van der Waals surface area contributed by atoms with Gasteiger partial charge in [0.15, 0.2) is 0 Å². The van der Waals surface area contributed by atoms with Crippen molar-refractivity contribution in [2.24, 2.45) is 5.41 Å². The van der Waals surface area contributed by atoms with Crippen molar-refractivity contribution in [1.29, 1.82) is 0 Å². The Bertz CT molecular complexity index is 224. The van der Waals surface area contributed by atoms with E-state index in [1.165, 1.54) is 6.42 Å². The summed E-state index contributed by atoms with van der Waals surface area (Å²) in [5, 5.41) is 0. The van der Waals surface area contributed by atoms with Gasteiger partial charge in [-0.25, -0.2) is 4.39 Å². The van der Waals surface area contributed by atoms with Crippen molar-refractivity contribution < 1.29 is 4.39 Å². The number of alkyl halides is 1. The Kier molecular flexibility index (Phi) is 4.04. The van der Waals surface area contributed by atoms with E-state index in [0.29, 0.717) is 18.0 Å². The highest BCUT2D eigenvalue weighted by atomic mass is 19.1. The lowest BCUT2D eigenvalue weighted by Crippen LogP contribution is -2.45. The molecule has 0 aromatic rings. The second-order valence-electron chi connectivity index (χ2n) is 7.41. The van der Waals surface area contributed by atoms with Crippen LogP contribution < -0.4 is 0 Å². The highest BCUT2D eigenvalue weighted by Gasteiger charge is 2.38. The SMILES string of the molecule is CC(C)(C)CCC1CC(F)CN1C(C)(C)C. The number of likely N-dealkylation sites (tertiary alicyclic amines) is 1. The molecule has 0 amide bonds. The largest absolute Gasteiger partial charge is 0.293 e. The van der Waals surface area contributed by atoms with Crippen LogP contribution in [0, 0.1) is 5.41 Å². The molecule has 0 aromatic heterocycles. The number of hydrogen-bond acceptors (Lipinski definition) is 1. The Morgan fingerprint density at radius 2 is 1.69 bits per heavy atom. The monoisotopic (exact) mass is 229 g/mol. The number of hydrogen-bond donors (Lipinski definition) is 0. The minimum atomic E-state index is -0.621. The first-order valence-electron chi connectivity index (χ1n) is 6.50. The summed E-state index contributed by atoms with van der Waals surface area (Å²) in [6.45, 7) is 14.0. The van der Waals surface area contributed by atoms with Crippen molar-refractivity contribution in [2.75, 3.05) is 6.54 Å². The van der Waals surface area contributed by atoms with Gasteiger partial charge in [-0.05, 0) is 45.4 Å². The van der Waals surface area contributed by atoms with Gasteiger partial charge in [0, 0.05) is 18.1 Å². The van der Waals surface area contributed by atoms with E-state index in [4.69, 9.17) is 0 Å². The van der Waals surface area contributed by atoms with E-state index in [9.17, 15) is 4.39 Å². The van der Waals surface area contributed by atoms with Crippen molar-refractivity contribution in [3.05, 3.63) is 0 Å². The zero-order valence-electron chi connectivity index (χ0n) is 11.8. The van der Waals surface area contributed by atoms with Gasteiger partial charge in [-0.3, -0.25) is 4.90 Å². The lowest BCUT2D eigenvalue weighted by Gasteiger charge is -2.37. The zero-order chi connectivity index (χ0) is 12.6. The smallest absolute Gasteiger partial charge is 0.114 e. The van der Waals surface area contributed by atoms with Crippen LogP contribution in [0.4, 0.5) is 4.39 Å². The quantitative estimate of drug-likeness (QED) is 0.691. The molecule has 1 fully saturated rings. The Labute approximate surface area is 100 Å². The van der Waals surface area contributed by atoms with Gasteiger partial charge >= 0.3 is 0 Å². The summed E-state index contributed by atoms with van der Waals surface area (Å²) >= 11 is 0. The van der Waals surface area contributed by atoms with E-state index < -0.39 is 6.17 Å². The summed E-state index contributed by atoms with van der Waals surface area (Å²) in [5.74, 6) is 0. The number of nitrogens with zero attached hydrogens (tertiary/aromatic N) is 1. The first-order valence-corrected chi connectivity index (χ1v) is 6.50. The van der Waals surface area contributed by atoms with Crippen LogP contribution in [0.2, 0.25) is 0 Å². The Morgan fingerprint density at radius 3 is 2.12 bits per heavy atom. The Hall–Kier alpha value is -0.110. The van der Waals surface area contributed by atoms with Gasteiger partial charge in [0.05, 0.1) is 0 Å². The third kappa shape index (κ3) is 4.04. The summed E-state index contributed by atoms with van der Waals surface area (Å²) < 4.78 is 13.5. The van der Waals surface area contributed by atoms with Gasteiger partial charge in [-0.15, -0.1) is 0 Å². The van der Waals surface area contributed by atoms with E-state index in [2.05, 4.69) is 46.4 Å². The van der Waals surface area contributed by atoms with Crippen LogP contribution >= 0.6 is 0 Å². The second-order valence-corrected chi connectivity index (χ2v) is 7.41. The van der Waals surface area contributed by atoms with Gasteiger partial charge in [0.25, 0.3) is 0 Å². The lowest BCUT2D eigenvalue weighted by atomic mass is 9.87. The molecule has 0 bridgehead atoms. The van der Waals surface area contributed by atoms with E-state index in [-0.39, 0.29) is 5.54 Å². The first kappa shape index (κ1) is 14.0. The molecule has 2 unspecified atom stereocenters. The maximum Gasteiger partial charge on any atom is 0.114 e. The topological polar surface area (TPSA) is 3.24 Å². The average Bonchev–Trinajstić information content (AvgIpc) is 2.41. The summed E-state index contributed by atoms with van der Waals surface area (Å²) in [4.78, 5) is 2.35. The van der Waals surface area contributed by atoms with Crippen molar-refractivity contribution in [2.45, 2.75) is 78.6 Å². The maximum absolute atomic E-state index is 13.5. The van der Waals surface area contributed by atoms with Gasteiger partial charge in [-0.1, -0.05) is 20.8 Å². The van der Waals surface area contributed by atoms with Crippen LogP contribution in [0.25, 0.3) is 0 Å². The molecule has 1 saturated heterocycles. The van der Waals surface area contributed by atoms with E-state index >= 15 is 0 Å². The molecule has 2 atom stereocenters. The molecular weight excluding hydrogens is 201 g/mol. The summed E-state index contributed by atoms with van der Waals surface area (Å²) in [6.07, 6.45) is 2.41. The highest BCUT2D eigenvalue weighted by molar-refractivity contribution is 4.92. The third-order valence-corrected chi connectivity index (χ3v) is 3.45. The molecule has 0 saturated carbocycles. The molecular formula is C14H28FN. The van der Waals surface area contributed by atoms with Gasteiger partial charge in [0.1, 0.15) is 6.17 Å². The number of halogens is 1. The van der Waals surface area contributed by atoms with Crippen LogP contribution in [-0.4, -0.2) is 29.2 Å². The zero-order valence-corrected chi connectivity index (χ0v) is 11.8. The molecule has 1 rings (SSSR count). The fourth-order valence-corrected chi connectivity index (χ4v) is 2.55. The minimum Gasteiger partial charge on any atom is -0.293 e. The van der Waals surface area contributed by atoms with Crippen molar-refractivity contribution >= 4 is 0 Å². The van der Waals surface area contributed by atoms with Crippen LogP contribution in [0.3, 0.4) is 0 Å². The summed E-state index contributed by atoms with van der Waals surface area (Å²) in [7, 11) is 0. The Morgan fingerprint density at radius 1 is 1.12 bits per heavy atom. The molecule has 0 spiro atoms. The van der Waals surface area contributed by atoms with Crippen LogP contribution in [0.15, 0.2) is 0 Å². The molecule has 96 valence electrons. The molecule has 0 radical (unpaired) electrons. The van der Waals surface area contributed by atoms with E-state index in [1.54, 1.807) is 0 Å². The van der Waals surface area contributed by atoms with Crippen molar-refractivity contribution in [3.8, 4) is 0 Å². The van der Waals surface area contributed by atoms with Gasteiger partial charge in [-0.2, -0.15) is 0 Å². The second kappa shape index (κ2) is 4.64. The molecule has 1 aliphatic rings. The van der Waals surface area contributed by atoms with E-state index in [0.717, 1.165) is 12.8 Å². The van der Waals surface area contributed by atoms with Gasteiger partial charge < -0.3 is 0 Å². The first-order chi connectivity index (χ1) is 7.09. The average molecular weight is 229 g/mol. The molecule has 1 heterocycles. The predicted molar refractivity (Wildman–Crippen MR) is 68.4 cm³/mol. The van der Waals surface area contributed by atoms with E-state index in [1.807, 2.05) is 0 Å². The standard InChI is InChI=1S/C14H28FN/c1-13(2,3)8-7-12-9-11(15)10-16(12)14(4,5)6/h11-12H,7-10H2,1-6H3.